The largest absolute Gasteiger partial charge is 0.497 e. The lowest BCUT2D eigenvalue weighted by molar-refractivity contribution is -0.127. The minimum absolute atomic E-state index is 0.165. The van der Waals surface area contributed by atoms with Crippen LogP contribution in [0.1, 0.15) is 49.2 Å². The molecule has 0 saturated carbocycles. The molecular formula is C37H37ClN4O4S. The van der Waals surface area contributed by atoms with Crippen LogP contribution in [0.4, 0.5) is 0 Å². The molecule has 242 valence electrons. The third kappa shape index (κ3) is 5.79. The number of aromatic nitrogens is 2. The molecular weight excluding hydrogens is 632 g/mol. The fourth-order valence-electron chi connectivity index (χ4n) is 6.37. The number of benzene rings is 3. The Hall–Kier alpha value is -4.60. The summed E-state index contributed by atoms with van der Waals surface area (Å²) in [7, 11) is 3.17. The number of hydrogen-bond acceptors (Lipinski definition) is 6. The number of likely N-dealkylation sites (N-methyl/N-ethyl adjacent to an activating group) is 1. The number of allylic oxidation sites excluding steroid dienone is 1. The highest BCUT2D eigenvalue weighted by molar-refractivity contribution is 7.07. The van der Waals surface area contributed by atoms with Crippen LogP contribution in [0.2, 0.25) is 5.02 Å². The van der Waals surface area contributed by atoms with E-state index in [1.807, 2.05) is 69.3 Å². The molecule has 0 radical (unpaired) electrons. The second-order valence-electron chi connectivity index (χ2n) is 11.4. The Morgan fingerprint density at radius 1 is 1.02 bits per heavy atom. The molecule has 1 aliphatic rings. The van der Waals surface area contributed by atoms with Crippen molar-refractivity contribution in [3.8, 4) is 11.5 Å². The standard InChI is InChI=1S/C37H37ClN4O4S/c1-7-40(8-2)36(44)33-22(3)39-37-42(34(33)29-19-26(45-5)17-18-31(29)46-6)35(43)32(47-37)20-28-23(4)41(30-12-10-9-11-27(28)30)21-24-13-15-25(38)16-14-24/h9-20,34H,7-8,21H2,1-6H3/b32-20+/t34-/m0/s1. The van der Waals surface area contributed by atoms with Gasteiger partial charge in [0.1, 0.15) is 17.5 Å². The van der Waals surface area contributed by atoms with Crippen LogP contribution >= 0.6 is 22.9 Å². The third-order valence-electron chi connectivity index (χ3n) is 8.84. The molecule has 47 heavy (non-hydrogen) atoms. The highest BCUT2D eigenvalue weighted by atomic mass is 35.5. The lowest BCUT2D eigenvalue weighted by atomic mass is 9.93. The zero-order valence-corrected chi connectivity index (χ0v) is 28.9. The van der Waals surface area contributed by atoms with Gasteiger partial charge in [0.15, 0.2) is 4.80 Å². The number of methoxy groups -OCH3 is 2. The molecule has 8 nitrogen and oxygen atoms in total. The van der Waals surface area contributed by atoms with Crippen molar-refractivity contribution in [2.24, 2.45) is 4.99 Å². The molecule has 3 aromatic carbocycles. The molecule has 0 unspecified atom stereocenters. The summed E-state index contributed by atoms with van der Waals surface area (Å²) in [5.41, 5.74) is 5.63. The highest BCUT2D eigenvalue weighted by Gasteiger charge is 2.36. The Labute approximate surface area is 282 Å². The van der Waals surface area contributed by atoms with Gasteiger partial charge in [-0.1, -0.05) is 53.3 Å². The molecule has 5 aromatic rings. The van der Waals surface area contributed by atoms with E-state index < -0.39 is 6.04 Å². The molecule has 0 fully saturated rings. The van der Waals surface area contributed by atoms with E-state index in [9.17, 15) is 9.59 Å². The van der Waals surface area contributed by atoms with E-state index >= 15 is 0 Å². The number of fused-ring (bicyclic) bond motifs is 2. The molecule has 1 atom stereocenters. The maximum absolute atomic E-state index is 14.6. The van der Waals surface area contributed by atoms with Crippen LogP contribution in [0.3, 0.4) is 0 Å². The molecule has 0 N–H and O–H groups in total. The second-order valence-corrected chi connectivity index (χ2v) is 12.8. The van der Waals surface area contributed by atoms with Gasteiger partial charge in [-0.05, 0) is 75.7 Å². The van der Waals surface area contributed by atoms with Gasteiger partial charge in [-0.25, -0.2) is 4.99 Å². The van der Waals surface area contributed by atoms with E-state index in [4.69, 9.17) is 26.1 Å². The quantitative estimate of drug-likeness (QED) is 0.191. The maximum atomic E-state index is 14.6. The van der Waals surface area contributed by atoms with E-state index in [1.165, 1.54) is 11.3 Å². The van der Waals surface area contributed by atoms with Crippen LogP contribution in [0.25, 0.3) is 17.0 Å². The number of ether oxygens (including phenoxy) is 2. The topological polar surface area (TPSA) is 78.1 Å². The van der Waals surface area contributed by atoms with E-state index in [1.54, 1.807) is 35.8 Å². The van der Waals surface area contributed by atoms with Gasteiger partial charge in [-0.2, -0.15) is 0 Å². The van der Waals surface area contributed by atoms with Gasteiger partial charge >= 0.3 is 0 Å². The number of amides is 1. The molecule has 2 aromatic heterocycles. The molecule has 1 amide bonds. The van der Waals surface area contributed by atoms with Crippen LogP contribution in [-0.2, 0) is 11.3 Å². The minimum Gasteiger partial charge on any atom is -0.497 e. The van der Waals surface area contributed by atoms with Gasteiger partial charge in [-0.15, -0.1) is 0 Å². The fraction of sp³-hybridized carbons (Fsp3) is 0.270. The van der Waals surface area contributed by atoms with Crippen LogP contribution in [0.15, 0.2) is 87.8 Å². The van der Waals surface area contributed by atoms with Crippen molar-refractivity contribution in [3.05, 3.63) is 125 Å². The number of para-hydroxylation sites is 1. The number of rotatable bonds is 9. The monoisotopic (exact) mass is 668 g/mol. The van der Waals surface area contributed by atoms with E-state index in [0.717, 1.165) is 27.7 Å². The predicted molar refractivity (Wildman–Crippen MR) is 188 cm³/mol. The first-order valence-corrected chi connectivity index (χ1v) is 16.8. The van der Waals surface area contributed by atoms with Gasteiger partial charge in [0, 0.05) is 52.4 Å². The Balaban J connectivity index is 1.58. The number of carbonyl (C=O) groups is 1. The van der Waals surface area contributed by atoms with Gasteiger partial charge in [0.05, 0.1) is 30.0 Å². The summed E-state index contributed by atoms with van der Waals surface area (Å²) in [6.45, 7) is 9.51. The molecule has 3 heterocycles. The average Bonchev–Trinajstić information content (AvgIpc) is 3.53. The van der Waals surface area contributed by atoms with Crippen molar-refractivity contribution >= 4 is 45.8 Å². The summed E-state index contributed by atoms with van der Waals surface area (Å²) >= 11 is 7.47. The van der Waals surface area contributed by atoms with E-state index in [0.29, 0.717) is 62.3 Å². The maximum Gasteiger partial charge on any atom is 0.271 e. The minimum atomic E-state index is -0.765. The Morgan fingerprint density at radius 3 is 2.43 bits per heavy atom. The van der Waals surface area contributed by atoms with Crippen LogP contribution in [0.5, 0.6) is 11.5 Å². The van der Waals surface area contributed by atoms with Crippen molar-refractivity contribution < 1.29 is 14.3 Å². The van der Waals surface area contributed by atoms with Gasteiger partial charge in [0.25, 0.3) is 11.5 Å². The smallest absolute Gasteiger partial charge is 0.271 e. The number of carbonyl (C=O) groups excluding carboxylic acids is 1. The Morgan fingerprint density at radius 2 is 1.74 bits per heavy atom. The van der Waals surface area contributed by atoms with Crippen molar-refractivity contribution in [2.75, 3.05) is 27.3 Å². The molecule has 6 rings (SSSR count). The lowest BCUT2D eigenvalue weighted by Gasteiger charge is -2.30. The number of halogens is 1. The number of hydrogen-bond donors (Lipinski definition) is 0. The number of nitrogens with zero attached hydrogens (tertiary/aromatic N) is 4. The van der Waals surface area contributed by atoms with Gasteiger partial charge in [0.2, 0.25) is 0 Å². The first-order valence-electron chi connectivity index (χ1n) is 15.6. The summed E-state index contributed by atoms with van der Waals surface area (Å²) in [4.78, 5) is 35.8. The zero-order valence-electron chi connectivity index (χ0n) is 27.3. The summed E-state index contributed by atoms with van der Waals surface area (Å²) in [6.07, 6.45) is 1.96. The fourth-order valence-corrected chi connectivity index (χ4v) is 7.53. The van der Waals surface area contributed by atoms with Gasteiger partial charge < -0.3 is 18.9 Å². The average molecular weight is 669 g/mol. The third-order valence-corrected chi connectivity index (χ3v) is 10.1. The molecule has 0 bridgehead atoms. The SMILES string of the molecule is CCN(CC)C(=O)C1=C(C)N=c2s/c(=C/c3c(C)n(Cc4ccc(Cl)cc4)c4ccccc34)c(=O)n2[C@H]1c1cc(OC)ccc1OC. The Bertz CT molecular complexity index is 2210. The summed E-state index contributed by atoms with van der Waals surface area (Å²) in [5.74, 6) is 0.976. The summed E-state index contributed by atoms with van der Waals surface area (Å²) in [6, 6.07) is 20.7. The molecule has 0 aliphatic carbocycles. The van der Waals surface area contributed by atoms with Crippen LogP contribution < -0.4 is 24.4 Å². The van der Waals surface area contributed by atoms with Gasteiger partial charge in [-0.3, -0.25) is 14.2 Å². The van der Waals surface area contributed by atoms with Crippen LogP contribution in [0, 0.1) is 6.92 Å². The lowest BCUT2D eigenvalue weighted by Crippen LogP contribution is -2.43. The first kappa shape index (κ1) is 32.3. The molecule has 10 heteroatoms. The van der Waals surface area contributed by atoms with Crippen molar-refractivity contribution in [2.45, 2.75) is 40.3 Å². The number of thiazole rings is 1. The van der Waals surface area contributed by atoms with Crippen molar-refractivity contribution in [1.29, 1.82) is 0 Å². The molecule has 0 saturated heterocycles. The van der Waals surface area contributed by atoms with Crippen molar-refractivity contribution in [3.63, 3.8) is 0 Å². The Kier molecular flexibility index (Phi) is 9.12. The van der Waals surface area contributed by atoms with E-state index in [2.05, 4.69) is 23.6 Å². The normalized spacial score (nSPS) is 14.7. The first-order chi connectivity index (χ1) is 22.7. The zero-order chi connectivity index (χ0) is 33.4. The van der Waals surface area contributed by atoms with E-state index in [-0.39, 0.29) is 11.5 Å². The molecule has 0 spiro atoms. The van der Waals surface area contributed by atoms with Crippen molar-refractivity contribution in [1.82, 2.24) is 14.0 Å². The molecule has 1 aliphatic heterocycles. The second kappa shape index (κ2) is 13.3. The summed E-state index contributed by atoms with van der Waals surface area (Å²) < 4.78 is 15.8. The predicted octanol–water partition coefficient (Wildman–Crippen LogP) is 6.09. The highest BCUT2D eigenvalue weighted by Crippen LogP contribution is 2.38. The van der Waals surface area contributed by atoms with Crippen LogP contribution in [-0.4, -0.2) is 47.3 Å². The summed E-state index contributed by atoms with van der Waals surface area (Å²) in [5, 5.41) is 1.74.